The zero-order valence-electron chi connectivity index (χ0n) is 19.1. The van der Waals surface area contributed by atoms with Gasteiger partial charge in [0.15, 0.2) is 0 Å². The van der Waals surface area contributed by atoms with Crippen molar-refractivity contribution >= 4 is 29.2 Å². The Morgan fingerprint density at radius 1 is 0.946 bits per heavy atom. The molecule has 2 aromatic rings. The third-order valence-electron chi connectivity index (χ3n) is 5.16. The van der Waals surface area contributed by atoms with Crippen molar-refractivity contribution in [3.05, 3.63) is 35.0 Å². The molecular formula is C20H23F6N5O5S. The van der Waals surface area contributed by atoms with Gasteiger partial charge in [-0.3, -0.25) is 4.90 Å². The second-order valence-electron chi connectivity index (χ2n) is 7.81. The van der Waals surface area contributed by atoms with Crippen molar-refractivity contribution in [3.63, 3.8) is 0 Å². The number of nitrogens with zero attached hydrogens (tertiary/aromatic N) is 5. The molecular weight excluding hydrogens is 536 g/mol. The summed E-state index contributed by atoms with van der Waals surface area (Å²) in [4.78, 5) is 35.7. The van der Waals surface area contributed by atoms with Crippen LogP contribution in [0.3, 0.4) is 0 Å². The summed E-state index contributed by atoms with van der Waals surface area (Å²) in [6, 6.07) is 1.86. The van der Waals surface area contributed by atoms with E-state index in [1.807, 2.05) is 17.6 Å². The van der Waals surface area contributed by atoms with Crippen molar-refractivity contribution in [3.8, 4) is 0 Å². The molecule has 206 valence electrons. The highest BCUT2D eigenvalue weighted by atomic mass is 32.1. The minimum atomic E-state index is -5.08. The number of thiazole rings is 1. The van der Waals surface area contributed by atoms with E-state index in [1.165, 1.54) is 5.01 Å². The first-order valence-electron chi connectivity index (χ1n) is 10.6. The van der Waals surface area contributed by atoms with E-state index >= 15 is 0 Å². The molecule has 2 fully saturated rings. The number of carboxylic acids is 2. The van der Waals surface area contributed by atoms with Gasteiger partial charge in [0, 0.05) is 50.1 Å². The lowest BCUT2D eigenvalue weighted by Gasteiger charge is -2.47. The van der Waals surface area contributed by atoms with E-state index in [0.29, 0.717) is 0 Å². The van der Waals surface area contributed by atoms with Gasteiger partial charge < -0.3 is 19.8 Å². The number of morpholine rings is 1. The van der Waals surface area contributed by atoms with Crippen LogP contribution >= 0.6 is 11.3 Å². The monoisotopic (exact) mass is 559 g/mol. The quantitative estimate of drug-likeness (QED) is 0.542. The summed E-state index contributed by atoms with van der Waals surface area (Å²) in [5.41, 5.74) is -0.0131. The Kier molecular flexibility index (Phi) is 10.6. The molecule has 0 saturated carbocycles. The number of anilines is 1. The molecule has 0 unspecified atom stereocenters. The van der Waals surface area contributed by atoms with Crippen LogP contribution in [0, 0.1) is 0 Å². The summed E-state index contributed by atoms with van der Waals surface area (Å²) >= 11 is 1.73. The number of hydrogen-bond acceptors (Lipinski definition) is 9. The number of rotatable bonds is 3. The number of alkyl halides is 6. The Morgan fingerprint density at radius 2 is 1.49 bits per heavy atom. The Morgan fingerprint density at radius 3 is 1.95 bits per heavy atom. The van der Waals surface area contributed by atoms with Crippen LogP contribution in [-0.2, 0) is 20.9 Å². The lowest BCUT2D eigenvalue weighted by Crippen LogP contribution is -2.56. The van der Waals surface area contributed by atoms with E-state index in [9.17, 15) is 26.3 Å². The second kappa shape index (κ2) is 13.0. The average Bonchev–Trinajstić information content (AvgIpc) is 3.33. The zero-order chi connectivity index (χ0) is 27.7. The van der Waals surface area contributed by atoms with Crippen molar-refractivity contribution in [1.29, 1.82) is 0 Å². The Hall–Kier alpha value is -3.05. The molecule has 2 aromatic heterocycles. The molecule has 2 aliphatic rings. The summed E-state index contributed by atoms with van der Waals surface area (Å²) in [6.45, 7) is 5.65. The van der Waals surface area contributed by atoms with Crippen molar-refractivity contribution in [1.82, 2.24) is 19.9 Å². The maximum atomic E-state index is 10.6. The number of piperidine rings is 1. The third-order valence-corrected chi connectivity index (χ3v) is 5.93. The highest BCUT2D eigenvalue weighted by molar-refractivity contribution is 7.09. The lowest BCUT2D eigenvalue weighted by molar-refractivity contribution is -0.193. The molecule has 2 N–H and O–H groups in total. The number of aliphatic carboxylic acids is 2. The van der Waals surface area contributed by atoms with Crippen LogP contribution in [0.4, 0.5) is 32.3 Å². The number of halogens is 6. The van der Waals surface area contributed by atoms with E-state index in [1.54, 1.807) is 23.7 Å². The molecule has 0 aromatic carbocycles. The third kappa shape index (κ3) is 10.1. The number of aromatic nitrogens is 3. The average molecular weight is 559 g/mol. The van der Waals surface area contributed by atoms with Gasteiger partial charge in [-0.15, -0.1) is 11.3 Å². The predicted octanol–water partition coefficient (Wildman–Crippen LogP) is 3.07. The molecule has 1 spiro atoms. The van der Waals surface area contributed by atoms with Crippen molar-refractivity contribution in [2.45, 2.75) is 37.3 Å². The molecule has 0 aliphatic carbocycles. The van der Waals surface area contributed by atoms with Crippen LogP contribution in [0.25, 0.3) is 0 Å². The molecule has 17 heteroatoms. The predicted molar refractivity (Wildman–Crippen MR) is 117 cm³/mol. The molecule has 4 heterocycles. The highest BCUT2D eigenvalue weighted by Crippen LogP contribution is 2.31. The van der Waals surface area contributed by atoms with Crippen molar-refractivity contribution in [2.24, 2.45) is 0 Å². The minimum Gasteiger partial charge on any atom is -0.475 e. The first kappa shape index (κ1) is 30.2. The van der Waals surface area contributed by atoms with Crippen LogP contribution in [0.5, 0.6) is 0 Å². The Balaban J connectivity index is 0.000000286. The molecule has 0 amide bonds. The lowest BCUT2D eigenvalue weighted by atomic mass is 9.89. The van der Waals surface area contributed by atoms with E-state index in [2.05, 4.69) is 24.8 Å². The Labute approximate surface area is 210 Å². The van der Waals surface area contributed by atoms with Gasteiger partial charge in [0.2, 0.25) is 5.95 Å². The summed E-state index contributed by atoms with van der Waals surface area (Å²) in [5.74, 6) is -4.68. The standard InChI is InChI=1S/C16H21N5OS.2C2HF3O2/c1-4-18-15(19-5-1)21-7-2-16(3-8-21)13-20(9-10-22-16)12-14-17-6-11-23-14;2*3-2(4,5)1(6)7/h1,4-6,11H,2-3,7-10,12-13H2;2*(H,6,7). The van der Waals surface area contributed by atoms with Gasteiger partial charge in [0.05, 0.1) is 18.8 Å². The topological polar surface area (TPSA) is 129 Å². The van der Waals surface area contributed by atoms with Gasteiger partial charge in [-0.2, -0.15) is 26.3 Å². The summed E-state index contributed by atoms with van der Waals surface area (Å²) in [6.07, 6.45) is -2.62. The molecule has 0 bridgehead atoms. The SMILES string of the molecule is O=C(O)C(F)(F)F.O=C(O)C(F)(F)F.c1cnc(N2CCC3(CC2)CN(Cc2nccs2)CCO3)nc1. The van der Waals surface area contributed by atoms with Gasteiger partial charge in [-0.05, 0) is 18.9 Å². The molecule has 37 heavy (non-hydrogen) atoms. The number of carboxylic acid groups (broad SMARTS) is 2. The maximum Gasteiger partial charge on any atom is 0.490 e. The van der Waals surface area contributed by atoms with Gasteiger partial charge in [0.25, 0.3) is 0 Å². The van der Waals surface area contributed by atoms with Gasteiger partial charge >= 0.3 is 24.3 Å². The molecule has 0 atom stereocenters. The Bertz CT molecular complexity index is 962. The zero-order valence-corrected chi connectivity index (χ0v) is 19.9. The first-order chi connectivity index (χ1) is 17.2. The number of ether oxygens (including phenoxy) is 1. The highest BCUT2D eigenvalue weighted by Gasteiger charge is 2.40. The van der Waals surface area contributed by atoms with E-state index in [0.717, 1.165) is 58.1 Å². The van der Waals surface area contributed by atoms with E-state index in [4.69, 9.17) is 24.5 Å². The van der Waals surface area contributed by atoms with Gasteiger partial charge in [-0.25, -0.2) is 24.5 Å². The minimum absolute atomic E-state index is 0.0131. The van der Waals surface area contributed by atoms with E-state index < -0.39 is 24.3 Å². The normalized spacial score (nSPS) is 17.7. The summed E-state index contributed by atoms with van der Waals surface area (Å²) in [5, 5.41) is 17.5. The van der Waals surface area contributed by atoms with Crippen molar-refractivity contribution < 1.29 is 50.9 Å². The molecule has 2 saturated heterocycles. The second-order valence-corrected chi connectivity index (χ2v) is 8.79. The van der Waals surface area contributed by atoms with E-state index in [-0.39, 0.29) is 5.60 Å². The van der Waals surface area contributed by atoms with Crippen LogP contribution in [0.15, 0.2) is 30.0 Å². The fraction of sp³-hybridized carbons (Fsp3) is 0.550. The fourth-order valence-corrected chi connectivity index (χ4v) is 4.11. The van der Waals surface area contributed by atoms with Crippen LogP contribution < -0.4 is 4.90 Å². The largest absolute Gasteiger partial charge is 0.490 e. The number of carbonyl (C=O) groups is 2. The maximum absolute atomic E-state index is 10.6. The summed E-state index contributed by atoms with van der Waals surface area (Å²) in [7, 11) is 0. The fourth-order valence-electron chi connectivity index (χ4n) is 3.45. The molecule has 10 nitrogen and oxygen atoms in total. The molecule has 0 radical (unpaired) electrons. The van der Waals surface area contributed by atoms with Gasteiger partial charge in [0.1, 0.15) is 5.01 Å². The van der Waals surface area contributed by atoms with Crippen molar-refractivity contribution in [2.75, 3.05) is 37.7 Å². The number of hydrogen-bond donors (Lipinski definition) is 2. The van der Waals surface area contributed by atoms with Crippen LogP contribution in [-0.4, -0.2) is 92.7 Å². The molecule has 4 rings (SSSR count). The van der Waals surface area contributed by atoms with Crippen LogP contribution in [0.2, 0.25) is 0 Å². The van der Waals surface area contributed by atoms with Crippen LogP contribution in [0.1, 0.15) is 17.8 Å². The molecule has 2 aliphatic heterocycles. The van der Waals surface area contributed by atoms with Gasteiger partial charge in [-0.1, -0.05) is 0 Å². The summed E-state index contributed by atoms with van der Waals surface area (Å²) < 4.78 is 69.7. The smallest absolute Gasteiger partial charge is 0.475 e. The first-order valence-corrected chi connectivity index (χ1v) is 11.5.